The highest BCUT2D eigenvalue weighted by molar-refractivity contribution is 6.05. The minimum Gasteiger partial charge on any atom is -0.477 e. The summed E-state index contributed by atoms with van der Waals surface area (Å²) in [6, 6.07) is 7.88. The van der Waals surface area contributed by atoms with Gasteiger partial charge in [0.1, 0.15) is 23.1 Å². The summed E-state index contributed by atoms with van der Waals surface area (Å²) < 4.78 is 13.4. The van der Waals surface area contributed by atoms with E-state index in [0.717, 1.165) is 12.1 Å². The molecule has 2 N–H and O–H groups in total. The van der Waals surface area contributed by atoms with Gasteiger partial charge >= 0.3 is 5.97 Å². The summed E-state index contributed by atoms with van der Waals surface area (Å²) in [5.41, 5.74) is -0.535. The first-order valence-corrected chi connectivity index (χ1v) is 5.72. The van der Waals surface area contributed by atoms with Gasteiger partial charge in [-0.15, -0.1) is 0 Å². The number of benzene rings is 1. The average Bonchev–Trinajstić information content (AvgIpc) is 2.47. The number of hydrogen-bond donors (Lipinski definition) is 2. The highest BCUT2D eigenvalue weighted by Crippen LogP contribution is 2.18. The molecule has 0 bridgehead atoms. The Morgan fingerprint density at radius 3 is 2.76 bits per heavy atom. The Bertz CT molecular complexity index is 768. The Labute approximate surface area is 118 Å². The molecule has 0 saturated carbocycles. The van der Waals surface area contributed by atoms with Crippen LogP contribution in [-0.2, 0) is 0 Å². The summed E-state index contributed by atoms with van der Waals surface area (Å²) in [6.07, 6.45) is 1.18. The third kappa shape index (κ3) is 3.01. The van der Waals surface area contributed by atoms with Crippen molar-refractivity contribution in [3.8, 4) is 6.07 Å². The molecular weight excluding hydrogens is 277 g/mol. The van der Waals surface area contributed by atoms with Crippen molar-refractivity contribution in [2.45, 2.75) is 0 Å². The number of nitrogens with zero attached hydrogens (tertiary/aromatic N) is 2. The molecule has 0 radical (unpaired) electrons. The van der Waals surface area contributed by atoms with Crippen molar-refractivity contribution in [3.63, 3.8) is 0 Å². The summed E-state index contributed by atoms with van der Waals surface area (Å²) in [5.74, 6) is -2.69. The number of carbonyl (C=O) groups excluding carboxylic acids is 1. The van der Waals surface area contributed by atoms with Gasteiger partial charge in [-0.25, -0.2) is 14.2 Å². The molecule has 1 aromatic heterocycles. The molecular formula is C14H8FN3O3. The molecule has 2 rings (SSSR count). The minimum atomic E-state index is -1.27. The van der Waals surface area contributed by atoms with Gasteiger partial charge in [0.15, 0.2) is 0 Å². The predicted molar refractivity (Wildman–Crippen MR) is 70.3 cm³/mol. The van der Waals surface area contributed by atoms with Crippen molar-refractivity contribution in [3.05, 3.63) is 59.2 Å². The van der Waals surface area contributed by atoms with Crippen LogP contribution in [0.3, 0.4) is 0 Å². The van der Waals surface area contributed by atoms with Crippen molar-refractivity contribution >= 4 is 17.6 Å². The monoisotopic (exact) mass is 285 g/mol. The number of rotatable bonds is 3. The smallest absolute Gasteiger partial charge is 0.354 e. The molecule has 1 amide bonds. The van der Waals surface area contributed by atoms with E-state index in [1.54, 1.807) is 6.07 Å². The normalized spacial score (nSPS) is 9.71. The van der Waals surface area contributed by atoms with E-state index in [1.165, 1.54) is 24.4 Å². The molecule has 0 atom stereocenters. The van der Waals surface area contributed by atoms with E-state index in [9.17, 15) is 14.0 Å². The lowest BCUT2D eigenvalue weighted by Crippen LogP contribution is -2.14. The van der Waals surface area contributed by atoms with Crippen LogP contribution < -0.4 is 5.32 Å². The molecule has 0 aliphatic rings. The van der Waals surface area contributed by atoms with Crippen LogP contribution in [0, 0.1) is 17.1 Å². The van der Waals surface area contributed by atoms with Crippen LogP contribution in [-0.4, -0.2) is 22.0 Å². The number of nitriles is 1. The second-order valence-corrected chi connectivity index (χ2v) is 3.96. The van der Waals surface area contributed by atoms with Crippen molar-refractivity contribution in [2.24, 2.45) is 0 Å². The van der Waals surface area contributed by atoms with Crippen molar-refractivity contribution in [1.29, 1.82) is 5.26 Å². The van der Waals surface area contributed by atoms with E-state index < -0.39 is 17.7 Å². The topological polar surface area (TPSA) is 103 Å². The first-order chi connectivity index (χ1) is 10.0. The van der Waals surface area contributed by atoms with E-state index >= 15 is 0 Å². The van der Waals surface area contributed by atoms with Gasteiger partial charge < -0.3 is 10.4 Å². The molecule has 6 nitrogen and oxygen atoms in total. The molecule has 0 fully saturated rings. The third-order valence-corrected chi connectivity index (χ3v) is 2.61. The quantitative estimate of drug-likeness (QED) is 0.898. The molecule has 21 heavy (non-hydrogen) atoms. The number of halogens is 1. The first kappa shape index (κ1) is 14.1. The maximum Gasteiger partial charge on any atom is 0.354 e. The lowest BCUT2D eigenvalue weighted by molar-refractivity contribution is 0.0690. The molecule has 0 aliphatic heterocycles. The van der Waals surface area contributed by atoms with Gasteiger partial charge in [-0.05, 0) is 24.3 Å². The number of amides is 1. The van der Waals surface area contributed by atoms with Crippen molar-refractivity contribution in [2.75, 3.05) is 5.32 Å². The fourth-order valence-corrected chi connectivity index (χ4v) is 1.63. The summed E-state index contributed by atoms with van der Waals surface area (Å²) in [7, 11) is 0. The van der Waals surface area contributed by atoms with Gasteiger partial charge in [0.25, 0.3) is 5.91 Å². The van der Waals surface area contributed by atoms with Crippen molar-refractivity contribution < 1.29 is 19.1 Å². The van der Waals surface area contributed by atoms with E-state index in [0.29, 0.717) is 0 Å². The van der Waals surface area contributed by atoms with E-state index in [4.69, 9.17) is 10.4 Å². The number of aromatic nitrogens is 1. The number of anilines is 1. The van der Waals surface area contributed by atoms with Crippen LogP contribution in [0.4, 0.5) is 10.1 Å². The third-order valence-electron chi connectivity index (χ3n) is 2.61. The summed E-state index contributed by atoms with van der Waals surface area (Å²) >= 11 is 0. The first-order valence-electron chi connectivity index (χ1n) is 5.72. The molecule has 0 aliphatic carbocycles. The number of hydrogen-bond acceptors (Lipinski definition) is 4. The minimum absolute atomic E-state index is 0.0104. The SMILES string of the molecule is N#Cc1c(F)cccc1NC(=O)c1ccnc(C(=O)O)c1. The molecule has 0 spiro atoms. The van der Waals surface area contributed by atoms with Crippen LogP contribution in [0.15, 0.2) is 36.5 Å². The Kier molecular flexibility index (Phi) is 3.90. The predicted octanol–water partition coefficient (Wildman–Crippen LogP) is 2.04. The fraction of sp³-hybridized carbons (Fsp3) is 0. The summed E-state index contributed by atoms with van der Waals surface area (Å²) in [5, 5.41) is 20.0. The second kappa shape index (κ2) is 5.79. The number of aromatic carboxylic acids is 1. The van der Waals surface area contributed by atoms with E-state index in [-0.39, 0.29) is 22.5 Å². The Balaban J connectivity index is 2.31. The zero-order valence-corrected chi connectivity index (χ0v) is 10.5. The van der Waals surface area contributed by atoms with Crippen LogP contribution in [0.25, 0.3) is 0 Å². The lowest BCUT2D eigenvalue weighted by Gasteiger charge is -2.07. The molecule has 0 saturated heterocycles. The number of nitrogens with one attached hydrogen (secondary N) is 1. The number of carboxylic acids is 1. The van der Waals surface area contributed by atoms with E-state index in [2.05, 4.69) is 10.3 Å². The van der Waals surface area contributed by atoms with Crippen LogP contribution >= 0.6 is 0 Å². The lowest BCUT2D eigenvalue weighted by atomic mass is 10.1. The highest BCUT2D eigenvalue weighted by Gasteiger charge is 2.14. The zero-order chi connectivity index (χ0) is 15.4. The van der Waals surface area contributed by atoms with Crippen molar-refractivity contribution in [1.82, 2.24) is 4.98 Å². The Hall–Kier alpha value is -3.27. The zero-order valence-electron chi connectivity index (χ0n) is 10.5. The standard InChI is InChI=1S/C14H8FN3O3/c15-10-2-1-3-11(9(10)7-16)18-13(19)8-4-5-17-12(6-8)14(20)21/h1-6H,(H,18,19)(H,20,21). The van der Waals surface area contributed by atoms with Gasteiger partial charge in [-0.2, -0.15) is 5.26 Å². The number of pyridine rings is 1. The maximum atomic E-state index is 13.4. The largest absolute Gasteiger partial charge is 0.477 e. The number of carbonyl (C=O) groups is 2. The molecule has 7 heteroatoms. The van der Waals surface area contributed by atoms with Gasteiger partial charge in [-0.3, -0.25) is 4.79 Å². The Morgan fingerprint density at radius 1 is 1.33 bits per heavy atom. The fourth-order valence-electron chi connectivity index (χ4n) is 1.63. The average molecular weight is 285 g/mol. The van der Waals surface area contributed by atoms with Gasteiger partial charge in [0, 0.05) is 11.8 Å². The molecule has 0 unspecified atom stereocenters. The summed E-state index contributed by atoms with van der Waals surface area (Å²) in [6.45, 7) is 0. The summed E-state index contributed by atoms with van der Waals surface area (Å²) in [4.78, 5) is 26.4. The van der Waals surface area contributed by atoms with E-state index in [1.807, 2.05) is 0 Å². The molecule has 1 aromatic carbocycles. The van der Waals surface area contributed by atoms with Crippen LogP contribution in [0.1, 0.15) is 26.4 Å². The van der Waals surface area contributed by atoms with Gasteiger partial charge in [0.05, 0.1) is 5.69 Å². The van der Waals surface area contributed by atoms with Crippen LogP contribution in [0.2, 0.25) is 0 Å². The Morgan fingerprint density at radius 2 is 2.10 bits per heavy atom. The second-order valence-electron chi connectivity index (χ2n) is 3.96. The maximum absolute atomic E-state index is 13.4. The van der Waals surface area contributed by atoms with Gasteiger partial charge in [-0.1, -0.05) is 6.07 Å². The van der Waals surface area contributed by atoms with Gasteiger partial charge in [0.2, 0.25) is 0 Å². The molecule has 2 aromatic rings. The molecule has 104 valence electrons. The van der Waals surface area contributed by atoms with Crippen LogP contribution in [0.5, 0.6) is 0 Å². The molecule has 1 heterocycles. The number of carboxylic acid groups (broad SMARTS) is 1. The highest BCUT2D eigenvalue weighted by atomic mass is 19.1.